The highest BCUT2D eigenvalue weighted by Crippen LogP contribution is 2.49. The maximum absolute atomic E-state index is 12.0. The maximum Gasteiger partial charge on any atom is 0.412 e. The molecule has 1 amide bonds. The molecule has 0 bridgehead atoms. The molecule has 7 nitrogen and oxygen atoms in total. The van der Waals surface area contributed by atoms with E-state index in [-0.39, 0.29) is 6.42 Å². The van der Waals surface area contributed by atoms with Gasteiger partial charge in [-0.2, -0.15) is 0 Å². The van der Waals surface area contributed by atoms with Crippen LogP contribution in [0.1, 0.15) is 12.0 Å². The number of rotatable bonds is 1. The third-order valence-electron chi connectivity index (χ3n) is 4.12. The van der Waals surface area contributed by atoms with E-state index in [4.69, 9.17) is 9.47 Å². The summed E-state index contributed by atoms with van der Waals surface area (Å²) < 4.78 is 9.47. The number of hydrogen-bond donors (Lipinski definition) is 2. The number of anilines is 1. The molecule has 7 heteroatoms. The van der Waals surface area contributed by atoms with Crippen LogP contribution in [0.25, 0.3) is 0 Å². The Kier molecular flexibility index (Phi) is 3.02. The molecule has 1 fully saturated rings. The molecule has 21 heavy (non-hydrogen) atoms. The van der Waals surface area contributed by atoms with Crippen LogP contribution >= 0.6 is 0 Å². The number of aliphatic hydroxyl groups is 1. The van der Waals surface area contributed by atoms with Crippen LogP contribution in [0.2, 0.25) is 0 Å². The van der Waals surface area contributed by atoms with Crippen molar-refractivity contribution in [1.82, 2.24) is 4.90 Å². The molecule has 0 unspecified atom stereocenters. The number of esters is 1. The number of methoxy groups -OCH3 is 2. The molecule has 0 saturated carbocycles. The summed E-state index contributed by atoms with van der Waals surface area (Å²) in [6.45, 7) is 0. The normalized spacial score (nSPS) is 29.4. The van der Waals surface area contributed by atoms with Gasteiger partial charge in [0.1, 0.15) is 17.8 Å². The number of hydrogen-bond acceptors (Lipinski definition) is 6. The molecule has 112 valence electrons. The van der Waals surface area contributed by atoms with Gasteiger partial charge in [0.05, 0.1) is 14.2 Å². The second-order valence-corrected chi connectivity index (χ2v) is 5.14. The number of nitrogens with zero attached hydrogens (tertiary/aromatic N) is 1. The Labute approximate surface area is 121 Å². The van der Waals surface area contributed by atoms with Gasteiger partial charge < -0.3 is 19.9 Å². The van der Waals surface area contributed by atoms with E-state index >= 15 is 0 Å². The van der Waals surface area contributed by atoms with Gasteiger partial charge in [0.15, 0.2) is 0 Å². The molecule has 0 aromatic heterocycles. The van der Waals surface area contributed by atoms with E-state index < -0.39 is 29.9 Å². The number of nitrogens with one attached hydrogen (secondary N) is 1. The highest BCUT2D eigenvalue weighted by Gasteiger charge is 2.61. The van der Waals surface area contributed by atoms with Crippen LogP contribution in [0.15, 0.2) is 24.3 Å². The van der Waals surface area contributed by atoms with Crippen molar-refractivity contribution in [2.75, 3.05) is 19.5 Å². The first kappa shape index (κ1) is 13.7. The zero-order chi connectivity index (χ0) is 15.2. The quantitative estimate of drug-likeness (QED) is 0.739. The summed E-state index contributed by atoms with van der Waals surface area (Å²) in [7, 11) is 2.48. The van der Waals surface area contributed by atoms with E-state index in [9.17, 15) is 14.7 Å². The average Bonchev–Trinajstić information content (AvgIpc) is 2.95. The maximum atomic E-state index is 12.0. The Morgan fingerprint density at radius 1 is 1.33 bits per heavy atom. The summed E-state index contributed by atoms with van der Waals surface area (Å²) in [5.41, 5.74) is 0.0569. The van der Waals surface area contributed by atoms with Crippen LogP contribution < -0.4 is 5.32 Å². The third-order valence-corrected chi connectivity index (χ3v) is 4.12. The summed E-state index contributed by atoms with van der Waals surface area (Å²) in [5.74, 6) is -0.581. The SMILES string of the molecule is COC(=O)[C@@H]1C[C@@]2(O)c3ccccc3N[C@H]2N1C(=O)OC. The van der Waals surface area contributed by atoms with Crippen LogP contribution in [-0.2, 0) is 19.9 Å². The number of carbonyl (C=O) groups excluding carboxylic acids is 2. The number of carbonyl (C=O) groups is 2. The smallest absolute Gasteiger partial charge is 0.412 e. The minimum atomic E-state index is -1.34. The van der Waals surface area contributed by atoms with E-state index in [0.29, 0.717) is 5.56 Å². The fourth-order valence-corrected chi connectivity index (χ4v) is 3.17. The number of para-hydroxylation sites is 1. The molecule has 1 aromatic rings. The standard InChI is InChI=1S/C14H16N2O5/c1-20-11(17)10-7-14(19)8-5-3-4-6-9(8)15-12(14)16(10)13(18)21-2/h3-6,10,12,15,19H,7H2,1-2H3/t10-,12-,14+/m0/s1. The van der Waals surface area contributed by atoms with Gasteiger partial charge in [-0.25, -0.2) is 9.59 Å². The number of benzene rings is 1. The molecule has 2 aliphatic heterocycles. The molecule has 0 aliphatic carbocycles. The lowest BCUT2D eigenvalue weighted by Gasteiger charge is -2.28. The molecule has 2 aliphatic rings. The van der Waals surface area contributed by atoms with Crippen LogP contribution in [-0.4, -0.2) is 48.5 Å². The van der Waals surface area contributed by atoms with E-state index in [0.717, 1.165) is 5.69 Å². The number of fused-ring (bicyclic) bond motifs is 3. The number of ether oxygens (including phenoxy) is 2. The first-order valence-corrected chi connectivity index (χ1v) is 6.55. The van der Waals surface area contributed by atoms with Crippen LogP contribution in [0, 0.1) is 0 Å². The first-order valence-electron chi connectivity index (χ1n) is 6.55. The molecule has 3 atom stereocenters. The fourth-order valence-electron chi connectivity index (χ4n) is 3.17. The van der Waals surface area contributed by atoms with Crippen molar-refractivity contribution in [2.45, 2.75) is 24.2 Å². The number of amides is 1. The van der Waals surface area contributed by atoms with Crippen LogP contribution in [0.4, 0.5) is 10.5 Å². The van der Waals surface area contributed by atoms with Gasteiger partial charge >= 0.3 is 12.1 Å². The van der Waals surface area contributed by atoms with Gasteiger partial charge in [-0.3, -0.25) is 4.90 Å². The van der Waals surface area contributed by atoms with Crippen molar-refractivity contribution < 1.29 is 24.2 Å². The lowest BCUT2D eigenvalue weighted by Crippen LogP contribution is -2.50. The summed E-state index contributed by atoms with van der Waals surface area (Å²) >= 11 is 0. The van der Waals surface area contributed by atoms with E-state index in [1.165, 1.54) is 19.1 Å². The van der Waals surface area contributed by atoms with Crippen LogP contribution in [0.3, 0.4) is 0 Å². The Bertz CT molecular complexity index is 605. The summed E-state index contributed by atoms with van der Waals surface area (Å²) in [6.07, 6.45) is -1.39. The van der Waals surface area contributed by atoms with Gasteiger partial charge in [-0.1, -0.05) is 18.2 Å². The molecule has 0 radical (unpaired) electrons. The zero-order valence-corrected chi connectivity index (χ0v) is 11.7. The monoisotopic (exact) mass is 292 g/mol. The molecule has 2 heterocycles. The summed E-state index contributed by atoms with van der Waals surface area (Å²) in [4.78, 5) is 25.1. The predicted molar refractivity (Wildman–Crippen MR) is 72.4 cm³/mol. The van der Waals surface area contributed by atoms with E-state index in [1.54, 1.807) is 12.1 Å². The molecule has 1 saturated heterocycles. The summed E-state index contributed by atoms with van der Waals surface area (Å²) in [6, 6.07) is 6.33. The molecule has 1 aromatic carbocycles. The van der Waals surface area contributed by atoms with Gasteiger partial charge in [-0.05, 0) is 6.07 Å². The second-order valence-electron chi connectivity index (χ2n) is 5.14. The minimum absolute atomic E-state index is 0.0590. The Morgan fingerprint density at radius 3 is 2.71 bits per heavy atom. The van der Waals surface area contributed by atoms with Crippen molar-refractivity contribution in [1.29, 1.82) is 0 Å². The third kappa shape index (κ3) is 1.77. The van der Waals surface area contributed by atoms with Crippen molar-refractivity contribution in [2.24, 2.45) is 0 Å². The molecule has 3 rings (SSSR count). The topological polar surface area (TPSA) is 88.1 Å². The fraction of sp³-hybridized carbons (Fsp3) is 0.429. The number of likely N-dealkylation sites (tertiary alicyclic amines) is 1. The Morgan fingerprint density at radius 2 is 2.05 bits per heavy atom. The molecule has 0 spiro atoms. The Balaban J connectivity index is 2.05. The largest absolute Gasteiger partial charge is 0.467 e. The van der Waals surface area contributed by atoms with Gasteiger partial charge in [0.25, 0.3) is 0 Å². The lowest BCUT2D eigenvalue weighted by molar-refractivity contribution is -0.145. The van der Waals surface area contributed by atoms with Gasteiger partial charge in [0.2, 0.25) is 0 Å². The van der Waals surface area contributed by atoms with Gasteiger partial charge in [0, 0.05) is 17.7 Å². The highest BCUT2D eigenvalue weighted by molar-refractivity contribution is 5.84. The van der Waals surface area contributed by atoms with Crippen molar-refractivity contribution in [3.05, 3.63) is 29.8 Å². The minimum Gasteiger partial charge on any atom is -0.467 e. The van der Waals surface area contributed by atoms with E-state index in [2.05, 4.69) is 5.32 Å². The summed E-state index contributed by atoms with van der Waals surface area (Å²) in [5, 5.41) is 14.1. The predicted octanol–water partition coefficient (Wildman–Crippen LogP) is 0.639. The first-order chi connectivity index (χ1) is 10.0. The molecule has 2 N–H and O–H groups in total. The van der Waals surface area contributed by atoms with Gasteiger partial charge in [-0.15, -0.1) is 0 Å². The second kappa shape index (κ2) is 4.63. The molecular formula is C14H16N2O5. The van der Waals surface area contributed by atoms with Crippen molar-refractivity contribution in [3.8, 4) is 0 Å². The van der Waals surface area contributed by atoms with E-state index in [1.807, 2.05) is 12.1 Å². The average molecular weight is 292 g/mol. The zero-order valence-electron chi connectivity index (χ0n) is 11.7. The van der Waals surface area contributed by atoms with Crippen molar-refractivity contribution in [3.63, 3.8) is 0 Å². The highest BCUT2D eigenvalue weighted by atomic mass is 16.5. The van der Waals surface area contributed by atoms with Crippen LogP contribution in [0.5, 0.6) is 0 Å². The lowest BCUT2D eigenvalue weighted by atomic mass is 9.91. The Hall–Kier alpha value is -2.28. The molecular weight excluding hydrogens is 276 g/mol. The van der Waals surface area contributed by atoms with Crippen molar-refractivity contribution >= 4 is 17.7 Å².